The van der Waals surface area contributed by atoms with Crippen LogP contribution >= 0.6 is 27.5 Å². The predicted molar refractivity (Wildman–Crippen MR) is 71.5 cm³/mol. The normalized spacial score (nSPS) is 17.3. The third-order valence-electron chi connectivity index (χ3n) is 2.84. The number of anilines is 1. The zero-order valence-corrected chi connectivity index (χ0v) is 12.4. The van der Waals surface area contributed by atoms with Crippen LogP contribution < -0.4 is 5.73 Å². The van der Waals surface area contributed by atoms with E-state index in [2.05, 4.69) is 15.9 Å². The first-order valence-electron chi connectivity index (χ1n) is 5.29. The van der Waals surface area contributed by atoms with E-state index in [9.17, 15) is 12.8 Å². The highest BCUT2D eigenvalue weighted by Gasteiger charge is 2.31. The van der Waals surface area contributed by atoms with Gasteiger partial charge in [0.25, 0.3) is 0 Å². The number of sulfonamides is 1. The highest BCUT2D eigenvalue weighted by Crippen LogP contribution is 2.36. The summed E-state index contributed by atoms with van der Waals surface area (Å²) in [6.45, 7) is 0.796. The van der Waals surface area contributed by atoms with Gasteiger partial charge in [0.05, 0.1) is 15.2 Å². The molecule has 2 rings (SSSR count). The van der Waals surface area contributed by atoms with Crippen LogP contribution in [0.3, 0.4) is 0 Å². The first kappa shape index (κ1) is 14.0. The molecule has 0 atom stereocenters. The minimum absolute atomic E-state index is 0.0756. The summed E-state index contributed by atoms with van der Waals surface area (Å²) in [7, 11) is -3.86. The predicted octanol–water partition coefficient (Wildman–Crippen LogP) is 2.61. The van der Waals surface area contributed by atoms with E-state index in [0.717, 1.165) is 18.9 Å². The van der Waals surface area contributed by atoms with Crippen molar-refractivity contribution in [3.63, 3.8) is 0 Å². The zero-order valence-electron chi connectivity index (χ0n) is 9.29. The SMILES string of the molecule is Nc1c(F)c(S(=O)(=O)N2CCCC2)cc(Cl)c1Br. The Morgan fingerprint density at radius 1 is 1.39 bits per heavy atom. The van der Waals surface area contributed by atoms with Gasteiger partial charge in [-0.2, -0.15) is 4.31 Å². The van der Waals surface area contributed by atoms with Gasteiger partial charge in [0.15, 0.2) is 5.82 Å². The van der Waals surface area contributed by atoms with Crippen LogP contribution in [0.1, 0.15) is 12.8 Å². The third-order valence-corrected chi connectivity index (χ3v) is 6.12. The molecule has 0 aliphatic carbocycles. The van der Waals surface area contributed by atoms with Crippen LogP contribution in [0.25, 0.3) is 0 Å². The molecular formula is C10H11BrClFN2O2S. The van der Waals surface area contributed by atoms with Crippen LogP contribution in [0.4, 0.5) is 10.1 Å². The molecule has 1 aliphatic heterocycles. The van der Waals surface area contributed by atoms with E-state index in [0.29, 0.717) is 13.1 Å². The van der Waals surface area contributed by atoms with Crippen LogP contribution in [-0.2, 0) is 10.0 Å². The number of hydrogen-bond donors (Lipinski definition) is 1. The molecule has 4 nitrogen and oxygen atoms in total. The molecule has 0 radical (unpaired) electrons. The van der Waals surface area contributed by atoms with Crippen LogP contribution in [-0.4, -0.2) is 25.8 Å². The van der Waals surface area contributed by atoms with Gasteiger partial charge in [-0.1, -0.05) is 11.6 Å². The number of nitrogens with two attached hydrogens (primary N) is 1. The van der Waals surface area contributed by atoms with Crippen molar-refractivity contribution in [2.24, 2.45) is 0 Å². The Morgan fingerprint density at radius 3 is 2.50 bits per heavy atom. The van der Waals surface area contributed by atoms with Gasteiger partial charge in [-0.15, -0.1) is 0 Å². The second kappa shape index (κ2) is 4.96. The van der Waals surface area contributed by atoms with Gasteiger partial charge >= 0.3 is 0 Å². The molecule has 1 fully saturated rings. The van der Waals surface area contributed by atoms with Crippen molar-refractivity contribution < 1.29 is 12.8 Å². The molecule has 1 heterocycles. The minimum Gasteiger partial charge on any atom is -0.395 e. The molecule has 1 saturated heterocycles. The molecule has 2 N–H and O–H groups in total. The van der Waals surface area contributed by atoms with Gasteiger partial charge in [0, 0.05) is 13.1 Å². The topological polar surface area (TPSA) is 63.4 Å². The average molecular weight is 358 g/mol. The molecule has 8 heteroatoms. The fourth-order valence-electron chi connectivity index (χ4n) is 1.85. The van der Waals surface area contributed by atoms with Crippen LogP contribution in [0.15, 0.2) is 15.4 Å². The largest absolute Gasteiger partial charge is 0.395 e. The summed E-state index contributed by atoms with van der Waals surface area (Å²) >= 11 is 8.84. The Balaban J connectivity index is 2.58. The van der Waals surface area contributed by atoms with Gasteiger partial charge in [-0.25, -0.2) is 12.8 Å². The van der Waals surface area contributed by atoms with E-state index < -0.39 is 20.7 Å². The Kier molecular flexibility index (Phi) is 3.87. The maximum atomic E-state index is 14.0. The molecule has 0 aromatic heterocycles. The van der Waals surface area contributed by atoms with E-state index in [1.165, 1.54) is 4.31 Å². The van der Waals surface area contributed by atoms with Crippen molar-refractivity contribution in [3.8, 4) is 0 Å². The lowest BCUT2D eigenvalue weighted by molar-refractivity contribution is 0.470. The van der Waals surface area contributed by atoms with Gasteiger partial charge in [0.1, 0.15) is 4.90 Å². The van der Waals surface area contributed by atoms with Gasteiger partial charge < -0.3 is 5.73 Å². The molecule has 0 spiro atoms. The summed E-state index contributed by atoms with van der Waals surface area (Å²) in [5.41, 5.74) is 5.20. The van der Waals surface area contributed by atoms with Crippen LogP contribution in [0.2, 0.25) is 5.02 Å². The Bertz CT molecular complexity index is 588. The molecule has 1 aromatic carbocycles. The summed E-state index contributed by atoms with van der Waals surface area (Å²) in [5, 5.41) is 0.0756. The maximum Gasteiger partial charge on any atom is 0.246 e. The second-order valence-corrected chi connectivity index (χ2v) is 7.12. The van der Waals surface area contributed by atoms with Gasteiger partial charge in [0.2, 0.25) is 10.0 Å². The standard InChI is InChI=1S/C10H11BrClFN2O2S/c11-8-6(12)5-7(9(13)10(8)14)18(16,17)15-3-1-2-4-15/h5H,1-4,14H2. The number of benzene rings is 1. The highest BCUT2D eigenvalue weighted by atomic mass is 79.9. The van der Waals surface area contributed by atoms with Crippen molar-refractivity contribution >= 4 is 43.2 Å². The van der Waals surface area contributed by atoms with E-state index in [4.69, 9.17) is 17.3 Å². The summed E-state index contributed by atoms with van der Waals surface area (Å²) in [4.78, 5) is -0.463. The lowest BCUT2D eigenvalue weighted by Gasteiger charge is -2.17. The van der Waals surface area contributed by atoms with Crippen molar-refractivity contribution in [2.45, 2.75) is 17.7 Å². The molecule has 0 amide bonds. The van der Waals surface area contributed by atoms with Crippen LogP contribution in [0.5, 0.6) is 0 Å². The Morgan fingerprint density at radius 2 is 1.94 bits per heavy atom. The fourth-order valence-corrected chi connectivity index (χ4v) is 4.04. The summed E-state index contributed by atoms with van der Waals surface area (Å²) in [6.07, 6.45) is 1.56. The molecule has 1 aromatic rings. The Labute approximate surface area is 118 Å². The number of halogens is 3. The quantitative estimate of drug-likeness (QED) is 0.654. The maximum absolute atomic E-state index is 14.0. The first-order chi connectivity index (χ1) is 8.35. The molecule has 0 bridgehead atoms. The number of rotatable bonds is 2. The number of nitrogen functional groups attached to an aromatic ring is 1. The van der Waals surface area contributed by atoms with Crippen LogP contribution in [0, 0.1) is 5.82 Å². The monoisotopic (exact) mass is 356 g/mol. The van der Waals surface area contributed by atoms with Crippen molar-refractivity contribution in [1.29, 1.82) is 0 Å². The van der Waals surface area contributed by atoms with E-state index in [-0.39, 0.29) is 15.2 Å². The zero-order chi connectivity index (χ0) is 13.5. The molecule has 0 unspecified atom stereocenters. The lowest BCUT2D eigenvalue weighted by Crippen LogP contribution is -2.28. The highest BCUT2D eigenvalue weighted by molar-refractivity contribution is 9.10. The van der Waals surface area contributed by atoms with Crippen molar-refractivity contribution in [3.05, 3.63) is 21.4 Å². The fraction of sp³-hybridized carbons (Fsp3) is 0.400. The number of hydrogen-bond acceptors (Lipinski definition) is 3. The summed E-state index contributed by atoms with van der Waals surface area (Å²) in [6, 6.07) is 1.09. The van der Waals surface area contributed by atoms with E-state index >= 15 is 0 Å². The van der Waals surface area contributed by atoms with E-state index in [1.54, 1.807) is 0 Å². The molecule has 18 heavy (non-hydrogen) atoms. The number of nitrogens with zero attached hydrogens (tertiary/aromatic N) is 1. The van der Waals surface area contributed by atoms with Gasteiger partial charge in [-0.05, 0) is 34.8 Å². The second-order valence-electron chi connectivity index (χ2n) is 4.01. The molecule has 0 saturated carbocycles. The van der Waals surface area contributed by atoms with Crippen molar-refractivity contribution in [1.82, 2.24) is 4.31 Å². The summed E-state index contributed by atoms with van der Waals surface area (Å²) < 4.78 is 39.8. The van der Waals surface area contributed by atoms with E-state index in [1.807, 2.05) is 0 Å². The molecule has 1 aliphatic rings. The first-order valence-corrected chi connectivity index (χ1v) is 7.90. The molecular weight excluding hydrogens is 347 g/mol. The summed E-state index contributed by atoms with van der Waals surface area (Å²) in [5.74, 6) is -0.960. The average Bonchev–Trinajstić information content (AvgIpc) is 2.85. The minimum atomic E-state index is -3.86. The third kappa shape index (κ3) is 2.24. The van der Waals surface area contributed by atoms with Gasteiger partial charge in [-0.3, -0.25) is 0 Å². The Hall–Kier alpha value is -0.370. The molecule has 100 valence electrons. The lowest BCUT2D eigenvalue weighted by atomic mass is 10.3. The smallest absolute Gasteiger partial charge is 0.246 e. The van der Waals surface area contributed by atoms with Crippen molar-refractivity contribution in [2.75, 3.05) is 18.8 Å².